The number of urea groups is 1. The van der Waals surface area contributed by atoms with Crippen LogP contribution in [0.5, 0.6) is 5.75 Å². The molecule has 1 atom stereocenters. The van der Waals surface area contributed by atoms with Gasteiger partial charge in [0.1, 0.15) is 10.6 Å². The number of amides is 2. The predicted octanol–water partition coefficient (Wildman–Crippen LogP) is 5.58. The van der Waals surface area contributed by atoms with E-state index in [4.69, 9.17) is 4.18 Å². The van der Waals surface area contributed by atoms with Crippen molar-refractivity contribution in [3.05, 3.63) is 59.7 Å². The van der Waals surface area contributed by atoms with Crippen LogP contribution in [0.3, 0.4) is 0 Å². The summed E-state index contributed by atoms with van der Waals surface area (Å²) in [6.07, 6.45) is -3.98. The molecule has 0 spiro atoms. The van der Waals surface area contributed by atoms with Crippen molar-refractivity contribution in [2.24, 2.45) is 0 Å². The summed E-state index contributed by atoms with van der Waals surface area (Å²) < 4.78 is 69.1. The van der Waals surface area contributed by atoms with Crippen molar-refractivity contribution in [3.63, 3.8) is 0 Å². The van der Waals surface area contributed by atoms with Gasteiger partial charge in [0.05, 0.1) is 5.56 Å². The van der Waals surface area contributed by atoms with Gasteiger partial charge in [0.25, 0.3) is 0 Å². The molecule has 10 heteroatoms. The Bertz CT molecular complexity index is 1080. The van der Waals surface area contributed by atoms with Gasteiger partial charge in [0, 0.05) is 18.1 Å². The molecule has 1 N–H and O–H groups in total. The van der Waals surface area contributed by atoms with E-state index in [0.29, 0.717) is 18.1 Å². The van der Waals surface area contributed by atoms with Crippen molar-refractivity contribution in [2.45, 2.75) is 70.2 Å². The van der Waals surface area contributed by atoms with Crippen molar-refractivity contribution in [2.75, 3.05) is 0 Å². The van der Waals surface area contributed by atoms with Gasteiger partial charge in [-0.15, -0.1) is 0 Å². The summed E-state index contributed by atoms with van der Waals surface area (Å²) in [5.41, 5.74) is -0.918. The molecule has 0 unspecified atom stereocenters. The van der Waals surface area contributed by atoms with Gasteiger partial charge in [0.2, 0.25) is 0 Å². The third kappa shape index (κ3) is 7.66. The number of nitrogens with one attached hydrogen (secondary N) is 1. The number of alkyl halides is 3. The highest BCUT2D eigenvalue weighted by molar-refractivity contribution is 7.87. The monoisotopic (exact) mass is 486 g/mol. The molecule has 0 radical (unpaired) electrons. The number of carbonyl (C=O) groups is 1. The van der Waals surface area contributed by atoms with Crippen LogP contribution in [0.2, 0.25) is 0 Å². The molecule has 182 valence electrons. The number of hydrogen-bond acceptors (Lipinski definition) is 4. The Labute approximate surface area is 192 Å². The fraction of sp³-hybridized carbons (Fsp3) is 0.435. The molecule has 0 saturated heterocycles. The summed E-state index contributed by atoms with van der Waals surface area (Å²) in [5.74, 6) is -0.0646. The SMILES string of the molecule is CC[C@H](C)N(Cc1cccc(OS(=O)(=O)c2cccc(C(F)(F)F)c2)c1)C(=O)NC(C)(C)C. The zero-order valence-corrected chi connectivity index (χ0v) is 20.0. The average Bonchev–Trinajstić information content (AvgIpc) is 2.69. The standard InChI is InChI=1S/C23H29F3N2O4S/c1-6-16(2)28(21(29)27-22(3,4)5)15-17-9-7-11-19(13-17)32-33(30,31)20-12-8-10-18(14-20)23(24,25)26/h7-14,16H,6,15H2,1-5H3,(H,27,29)/t16-/m0/s1. The molecule has 2 aromatic carbocycles. The normalized spacial score (nSPS) is 13.3. The van der Waals surface area contributed by atoms with Gasteiger partial charge in [-0.25, -0.2) is 4.79 Å². The highest BCUT2D eigenvalue weighted by Crippen LogP contribution is 2.31. The van der Waals surface area contributed by atoms with Crippen LogP contribution in [0.25, 0.3) is 0 Å². The number of halogens is 3. The first-order valence-electron chi connectivity index (χ1n) is 10.4. The Morgan fingerprint density at radius 1 is 1.09 bits per heavy atom. The number of carbonyl (C=O) groups excluding carboxylic acids is 1. The summed E-state index contributed by atoms with van der Waals surface area (Å²) in [5, 5.41) is 2.91. The lowest BCUT2D eigenvalue weighted by atomic mass is 10.1. The number of rotatable bonds is 7. The quantitative estimate of drug-likeness (QED) is 0.519. The van der Waals surface area contributed by atoms with Crippen molar-refractivity contribution < 1.29 is 30.6 Å². The molecular weight excluding hydrogens is 457 g/mol. The van der Waals surface area contributed by atoms with Crippen LogP contribution in [0, 0.1) is 0 Å². The van der Waals surface area contributed by atoms with Crippen LogP contribution in [0.4, 0.5) is 18.0 Å². The zero-order chi connectivity index (χ0) is 25.0. The van der Waals surface area contributed by atoms with E-state index in [2.05, 4.69) is 5.32 Å². The lowest BCUT2D eigenvalue weighted by Gasteiger charge is -2.32. The third-order valence-electron chi connectivity index (χ3n) is 4.77. The Kier molecular flexibility index (Phi) is 8.05. The predicted molar refractivity (Wildman–Crippen MR) is 119 cm³/mol. The van der Waals surface area contributed by atoms with Crippen LogP contribution in [0.1, 0.15) is 52.2 Å². The van der Waals surface area contributed by atoms with E-state index in [1.54, 1.807) is 17.0 Å². The maximum atomic E-state index is 12.9. The zero-order valence-electron chi connectivity index (χ0n) is 19.2. The Morgan fingerprint density at radius 2 is 1.73 bits per heavy atom. The maximum absolute atomic E-state index is 12.9. The number of hydrogen-bond donors (Lipinski definition) is 1. The lowest BCUT2D eigenvalue weighted by Crippen LogP contribution is -2.50. The summed E-state index contributed by atoms with van der Waals surface area (Å²) in [4.78, 5) is 13.8. The van der Waals surface area contributed by atoms with E-state index in [0.717, 1.165) is 18.2 Å². The van der Waals surface area contributed by atoms with Crippen LogP contribution < -0.4 is 9.50 Å². The Balaban J connectivity index is 2.27. The van der Waals surface area contributed by atoms with E-state index in [-0.39, 0.29) is 24.4 Å². The average molecular weight is 487 g/mol. The molecule has 0 aliphatic heterocycles. The minimum absolute atomic E-state index is 0.0646. The second-order valence-electron chi connectivity index (χ2n) is 8.78. The van der Waals surface area contributed by atoms with Gasteiger partial charge in [-0.2, -0.15) is 21.6 Å². The molecule has 2 aromatic rings. The third-order valence-corrected chi connectivity index (χ3v) is 6.02. The first-order chi connectivity index (χ1) is 15.1. The highest BCUT2D eigenvalue weighted by Gasteiger charge is 2.32. The highest BCUT2D eigenvalue weighted by atomic mass is 32.2. The molecule has 0 aromatic heterocycles. The number of nitrogens with zero attached hydrogens (tertiary/aromatic N) is 1. The van der Waals surface area contributed by atoms with E-state index in [1.165, 1.54) is 12.1 Å². The topological polar surface area (TPSA) is 75.7 Å². The van der Waals surface area contributed by atoms with Crippen molar-refractivity contribution >= 4 is 16.1 Å². The second-order valence-corrected chi connectivity index (χ2v) is 10.3. The fourth-order valence-corrected chi connectivity index (χ4v) is 3.91. The summed E-state index contributed by atoms with van der Waals surface area (Å²) in [6.45, 7) is 9.65. The molecule has 0 fully saturated rings. The molecule has 0 aliphatic rings. The van der Waals surface area contributed by atoms with Crippen LogP contribution in [0.15, 0.2) is 53.4 Å². The molecule has 2 rings (SSSR count). The summed E-state index contributed by atoms with van der Waals surface area (Å²) in [6, 6.07) is 9.11. The fourth-order valence-electron chi connectivity index (χ4n) is 2.94. The number of benzene rings is 2. The molecule has 6 nitrogen and oxygen atoms in total. The van der Waals surface area contributed by atoms with Gasteiger partial charge in [-0.3, -0.25) is 0 Å². The second kappa shape index (κ2) is 10.0. The molecule has 2 amide bonds. The maximum Gasteiger partial charge on any atom is 0.416 e. The molecule has 0 saturated carbocycles. The van der Waals surface area contributed by atoms with Crippen molar-refractivity contribution in [1.29, 1.82) is 0 Å². The largest absolute Gasteiger partial charge is 0.416 e. The first kappa shape index (κ1) is 26.5. The van der Waals surface area contributed by atoms with Gasteiger partial charge >= 0.3 is 22.3 Å². The van der Waals surface area contributed by atoms with E-state index >= 15 is 0 Å². The van der Waals surface area contributed by atoms with E-state index in [1.807, 2.05) is 34.6 Å². The Morgan fingerprint density at radius 3 is 2.30 bits per heavy atom. The summed E-state index contributed by atoms with van der Waals surface area (Å²) >= 11 is 0. The van der Waals surface area contributed by atoms with Crippen molar-refractivity contribution in [3.8, 4) is 5.75 Å². The van der Waals surface area contributed by atoms with Crippen LogP contribution >= 0.6 is 0 Å². The summed E-state index contributed by atoms with van der Waals surface area (Å²) in [7, 11) is -4.50. The molecule has 33 heavy (non-hydrogen) atoms. The molecular formula is C23H29F3N2O4S. The van der Waals surface area contributed by atoms with Crippen LogP contribution in [-0.4, -0.2) is 30.9 Å². The molecule has 0 aliphatic carbocycles. The van der Waals surface area contributed by atoms with E-state index in [9.17, 15) is 26.4 Å². The van der Waals surface area contributed by atoms with Gasteiger partial charge < -0.3 is 14.4 Å². The lowest BCUT2D eigenvalue weighted by molar-refractivity contribution is -0.137. The molecule has 0 bridgehead atoms. The van der Waals surface area contributed by atoms with Gasteiger partial charge in [-0.1, -0.05) is 25.1 Å². The molecule has 0 heterocycles. The van der Waals surface area contributed by atoms with Crippen LogP contribution in [-0.2, 0) is 22.8 Å². The van der Waals surface area contributed by atoms with E-state index < -0.39 is 32.3 Å². The first-order valence-corrected chi connectivity index (χ1v) is 11.8. The minimum Gasteiger partial charge on any atom is -0.379 e. The van der Waals surface area contributed by atoms with Crippen molar-refractivity contribution in [1.82, 2.24) is 10.2 Å². The Hall–Kier alpha value is -2.75. The minimum atomic E-state index is -4.68. The van der Waals surface area contributed by atoms with Gasteiger partial charge in [0.15, 0.2) is 0 Å². The van der Waals surface area contributed by atoms with Gasteiger partial charge in [-0.05, 0) is 70.0 Å². The smallest absolute Gasteiger partial charge is 0.379 e.